The molecule has 3 nitrogen and oxygen atoms in total. The lowest BCUT2D eigenvalue weighted by Gasteiger charge is -2.02. The molecule has 0 atom stereocenters. The largest absolute Gasteiger partial charge is 0.478 e. The number of pyridine rings is 1. The van der Waals surface area contributed by atoms with Crippen LogP contribution in [-0.2, 0) is 6.42 Å². The van der Waals surface area contributed by atoms with Crippen LogP contribution in [0.15, 0.2) is 12.1 Å². The Balaban J connectivity index is 2.83. The molecule has 1 aromatic heterocycles. The highest BCUT2D eigenvalue weighted by atomic mass is 35.5. The van der Waals surface area contributed by atoms with E-state index in [2.05, 4.69) is 11.9 Å². The highest BCUT2D eigenvalue weighted by Gasteiger charge is 2.09. The first-order valence-electron chi connectivity index (χ1n) is 4.54. The number of aromatic carboxylic acids is 1. The summed E-state index contributed by atoms with van der Waals surface area (Å²) < 4.78 is 0. The Kier molecular flexibility index (Phi) is 3.89. The fourth-order valence-corrected chi connectivity index (χ4v) is 1.38. The highest BCUT2D eigenvalue weighted by molar-refractivity contribution is 6.32. The van der Waals surface area contributed by atoms with Crippen LogP contribution >= 0.6 is 11.6 Å². The molecule has 1 heterocycles. The van der Waals surface area contributed by atoms with Gasteiger partial charge in [0.05, 0.1) is 5.56 Å². The third kappa shape index (κ3) is 2.70. The van der Waals surface area contributed by atoms with Crippen molar-refractivity contribution in [3.63, 3.8) is 0 Å². The number of unbranched alkanes of at least 4 members (excludes halogenated alkanes) is 1. The standard InChI is InChI=1S/C10H12ClNO2/c1-2-3-4-7-5-6-8(10(13)14)9(11)12-7/h5-6H,2-4H2,1H3,(H,13,14). The van der Waals surface area contributed by atoms with Crippen molar-refractivity contribution in [2.75, 3.05) is 0 Å². The monoisotopic (exact) mass is 213 g/mol. The van der Waals surface area contributed by atoms with Gasteiger partial charge < -0.3 is 5.11 Å². The highest BCUT2D eigenvalue weighted by Crippen LogP contribution is 2.14. The molecule has 1 N–H and O–H groups in total. The van der Waals surface area contributed by atoms with Gasteiger partial charge >= 0.3 is 5.97 Å². The molecular weight excluding hydrogens is 202 g/mol. The first-order valence-corrected chi connectivity index (χ1v) is 4.91. The van der Waals surface area contributed by atoms with E-state index in [1.54, 1.807) is 6.07 Å². The molecule has 0 saturated heterocycles. The smallest absolute Gasteiger partial charge is 0.338 e. The van der Waals surface area contributed by atoms with E-state index in [0.29, 0.717) is 0 Å². The van der Waals surface area contributed by atoms with Crippen molar-refractivity contribution in [1.82, 2.24) is 4.98 Å². The Bertz CT molecular complexity index is 339. The van der Waals surface area contributed by atoms with Gasteiger partial charge in [-0.1, -0.05) is 24.9 Å². The van der Waals surface area contributed by atoms with Crippen molar-refractivity contribution >= 4 is 17.6 Å². The third-order valence-corrected chi connectivity index (χ3v) is 2.21. The second-order valence-electron chi connectivity index (χ2n) is 3.05. The minimum atomic E-state index is -1.04. The van der Waals surface area contributed by atoms with Gasteiger partial charge in [-0.3, -0.25) is 0 Å². The average Bonchev–Trinajstić information content (AvgIpc) is 2.14. The van der Waals surface area contributed by atoms with Gasteiger partial charge in [-0.15, -0.1) is 0 Å². The van der Waals surface area contributed by atoms with Crippen molar-refractivity contribution in [2.24, 2.45) is 0 Å². The number of carboxylic acid groups (broad SMARTS) is 1. The molecule has 1 aromatic rings. The summed E-state index contributed by atoms with van der Waals surface area (Å²) in [4.78, 5) is 14.6. The number of aromatic nitrogens is 1. The van der Waals surface area contributed by atoms with Crippen LogP contribution < -0.4 is 0 Å². The zero-order valence-corrected chi connectivity index (χ0v) is 8.71. The molecule has 14 heavy (non-hydrogen) atoms. The van der Waals surface area contributed by atoms with Gasteiger partial charge in [-0.25, -0.2) is 9.78 Å². The normalized spacial score (nSPS) is 10.1. The molecule has 76 valence electrons. The first kappa shape index (κ1) is 11.0. The molecule has 0 fully saturated rings. The maximum atomic E-state index is 10.6. The van der Waals surface area contributed by atoms with Gasteiger partial charge in [0.15, 0.2) is 0 Å². The average molecular weight is 214 g/mol. The fourth-order valence-electron chi connectivity index (χ4n) is 1.13. The minimum absolute atomic E-state index is 0.0620. The van der Waals surface area contributed by atoms with Crippen LogP contribution in [-0.4, -0.2) is 16.1 Å². The van der Waals surface area contributed by atoms with Crippen LogP contribution in [0.1, 0.15) is 35.8 Å². The number of carbonyl (C=O) groups is 1. The number of aryl methyl sites for hydroxylation is 1. The van der Waals surface area contributed by atoms with Crippen molar-refractivity contribution < 1.29 is 9.90 Å². The summed E-state index contributed by atoms with van der Waals surface area (Å²) in [5.41, 5.74) is 0.911. The number of nitrogens with zero attached hydrogens (tertiary/aromatic N) is 1. The van der Waals surface area contributed by atoms with E-state index in [9.17, 15) is 4.79 Å². The number of halogens is 1. The Morgan fingerprint density at radius 1 is 1.57 bits per heavy atom. The molecule has 0 saturated carbocycles. The van der Waals surface area contributed by atoms with E-state index in [1.807, 2.05) is 0 Å². The van der Waals surface area contributed by atoms with Crippen LogP contribution in [0.3, 0.4) is 0 Å². The molecule has 0 spiro atoms. The molecule has 0 aliphatic heterocycles. The maximum Gasteiger partial charge on any atom is 0.338 e. The second kappa shape index (κ2) is 4.96. The van der Waals surface area contributed by atoms with E-state index in [4.69, 9.17) is 16.7 Å². The number of carboxylic acids is 1. The van der Waals surface area contributed by atoms with E-state index < -0.39 is 5.97 Å². The predicted octanol–water partition coefficient (Wildman–Crippen LogP) is 2.78. The molecule has 0 aromatic carbocycles. The van der Waals surface area contributed by atoms with Gasteiger partial charge in [-0.05, 0) is 25.0 Å². The third-order valence-electron chi connectivity index (χ3n) is 1.92. The van der Waals surface area contributed by atoms with Gasteiger partial charge in [0.1, 0.15) is 5.15 Å². The van der Waals surface area contributed by atoms with Gasteiger partial charge in [0.25, 0.3) is 0 Å². The van der Waals surface area contributed by atoms with E-state index >= 15 is 0 Å². The summed E-state index contributed by atoms with van der Waals surface area (Å²) in [5.74, 6) is -1.04. The van der Waals surface area contributed by atoms with Crippen molar-refractivity contribution in [2.45, 2.75) is 26.2 Å². The zero-order chi connectivity index (χ0) is 10.6. The van der Waals surface area contributed by atoms with E-state index in [1.165, 1.54) is 6.07 Å². The Labute approximate surface area is 87.7 Å². The summed E-state index contributed by atoms with van der Waals surface area (Å²) >= 11 is 5.71. The van der Waals surface area contributed by atoms with E-state index in [0.717, 1.165) is 25.0 Å². The summed E-state index contributed by atoms with van der Waals surface area (Å²) in [6.45, 7) is 2.09. The summed E-state index contributed by atoms with van der Waals surface area (Å²) in [7, 11) is 0. The van der Waals surface area contributed by atoms with Crippen molar-refractivity contribution in [3.05, 3.63) is 28.5 Å². The molecule has 0 aliphatic rings. The van der Waals surface area contributed by atoms with Crippen LogP contribution in [0, 0.1) is 0 Å². The fraction of sp³-hybridized carbons (Fsp3) is 0.400. The van der Waals surface area contributed by atoms with E-state index in [-0.39, 0.29) is 10.7 Å². The quantitative estimate of drug-likeness (QED) is 0.783. The van der Waals surface area contributed by atoms with Crippen molar-refractivity contribution in [1.29, 1.82) is 0 Å². The topological polar surface area (TPSA) is 50.2 Å². The lowest BCUT2D eigenvalue weighted by atomic mass is 10.1. The lowest BCUT2D eigenvalue weighted by Crippen LogP contribution is -2.01. The van der Waals surface area contributed by atoms with Crippen molar-refractivity contribution in [3.8, 4) is 0 Å². The number of hydrogen-bond acceptors (Lipinski definition) is 2. The minimum Gasteiger partial charge on any atom is -0.478 e. The molecule has 1 rings (SSSR count). The van der Waals surface area contributed by atoms with Crippen LogP contribution in [0.5, 0.6) is 0 Å². The van der Waals surface area contributed by atoms with Crippen LogP contribution in [0.2, 0.25) is 5.15 Å². The maximum absolute atomic E-state index is 10.6. The van der Waals surface area contributed by atoms with Crippen LogP contribution in [0.4, 0.5) is 0 Å². The molecule has 0 aliphatic carbocycles. The molecule has 0 unspecified atom stereocenters. The number of rotatable bonds is 4. The van der Waals surface area contributed by atoms with Gasteiger partial charge in [0.2, 0.25) is 0 Å². The zero-order valence-electron chi connectivity index (χ0n) is 7.96. The molecule has 0 amide bonds. The lowest BCUT2D eigenvalue weighted by molar-refractivity contribution is 0.0696. The molecular formula is C10H12ClNO2. The van der Waals surface area contributed by atoms with Gasteiger partial charge in [0, 0.05) is 5.69 Å². The Morgan fingerprint density at radius 3 is 2.79 bits per heavy atom. The second-order valence-corrected chi connectivity index (χ2v) is 3.41. The molecule has 4 heteroatoms. The predicted molar refractivity (Wildman–Crippen MR) is 54.8 cm³/mol. The van der Waals surface area contributed by atoms with Gasteiger partial charge in [-0.2, -0.15) is 0 Å². The Hall–Kier alpha value is -1.09. The Morgan fingerprint density at radius 2 is 2.29 bits per heavy atom. The van der Waals surface area contributed by atoms with Crippen LogP contribution in [0.25, 0.3) is 0 Å². The summed E-state index contributed by atoms with van der Waals surface area (Å²) in [6, 6.07) is 3.22. The summed E-state index contributed by atoms with van der Waals surface area (Å²) in [5, 5.41) is 8.78. The molecule has 0 radical (unpaired) electrons. The summed E-state index contributed by atoms with van der Waals surface area (Å²) in [6.07, 6.45) is 2.96. The number of hydrogen-bond donors (Lipinski definition) is 1. The first-order chi connectivity index (χ1) is 6.65. The molecule has 0 bridgehead atoms. The SMILES string of the molecule is CCCCc1ccc(C(=O)O)c(Cl)n1.